The summed E-state index contributed by atoms with van der Waals surface area (Å²) in [6.07, 6.45) is 1.39. The Balaban J connectivity index is 1.44. The first-order chi connectivity index (χ1) is 15.6. The maximum Gasteiger partial charge on any atom is 0.253 e. The molecule has 5 rings (SSSR count). The normalized spacial score (nSPS) is 17.8. The first kappa shape index (κ1) is 21.2. The van der Waals surface area contributed by atoms with Gasteiger partial charge in [-0.15, -0.1) is 0 Å². The van der Waals surface area contributed by atoms with Gasteiger partial charge in [-0.05, 0) is 37.3 Å². The number of hydrogen-bond acceptors (Lipinski definition) is 5. The Morgan fingerprint density at radius 3 is 2.62 bits per heavy atom. The van der Waals surface area contributed by atoms with Gasteiger partial charge in [0.1, 0.15) is 5.75 Å². The van der Waals surface area contributed by atoms with Crippen LogP contribution in [-0.2, 0) is 9.47 Å². The van der Waals surface area contributed by atoms with E-state index in [1.807, 2.05) is 60.4 Å². The average molecular weight is 453 g/mol. The molecule has 1 aromatic heterocycles. The highest BCUT2D eigenvalue weighted by Crippen LogP contribution is 2.34. The summed E-state index contributed by atoms with van der Waals surface area (Å²) in [5.41, 5.74) is 3.09. The molecule has 166 valence electrons. The Morgan fingerprint density at radius 1 is 1.12 bits per heavy atom. The Morgan fingerprint density at radius 2 is 1.91 bits per heavy atom. The van der Waals surface area contributed by atoms with Gasteiger partial charge in [0.15, 0.2) is 5.79 Å². The smallest absolute Gasteiger partial charge is 0.253 e. The summed E-state index contributed by atoms with van der Waals surface area (Å²) in [7, 11) is 0. The molecule has 0 unspecified atom stereocenters. The molecule has 0 bridgehead atoms. The van der Waals surface area contributed by atoms with E-state index in [2.05, 4.69) is 0 Å². The van der Waals surface area contributed by atoms with Crippen LogP contribution in [0.5, 0.6) is 5.75 Å². The van der Waals surface area contributed by atoms with E-state index < -0.39 is 5.79 Å². The average Bonchev–Trinajstić information content (AvgIpc) is 3.27. The number of benzene rings is 2. The number of piperidine rings is 1. The van der Waals surface area contributed by atoms with E-state index >= 15 is 0 Å². The van der Waals surface area contributed by atoms with Crippen molar-refractivity contribution >= 4 is 28.4 Å². The maximum absolute atomic E-state index is 13.2. The molecule has 0 saturated carbocycles. The molecule has 32 heavy (non-hydrogen) atoms. The van der Waals surface area contributed by atoms with E-state index in [0.29, 0.717) is 62.1 Å². The van der Waals surface area contributed by atoms with Crippen LogP contribution in [-0.4, -0.2) is 54.5 Å². The second kappa shape index (κ2) is 8.70. The maximum atomic E-state index is 13.2. The molecule has 7 heteroatoms. The second-order valence-corrected chi connectivity index (χ2v) is 8.52. The third-order valence-electron chi connectivity index (χ3n) is 6.06. The van der Waals surface area contributed by atoms with E-state index in [1.54, 1.807) is 0 Å². The number of nitrogens with zero attached hydrogens (tertiary/aromatic N) is 2. The molecule has 2 aromatic carbocycles. The summed E-state index contributed by atoms with van der Waals surface area (Å²) in [6.45, 7) is 4.94. The van der Waals surface area contributed by atoms with Gasteiger partial charge in [0.05, 0.1) is 31.0 Å². The van der Waals surface area contributed by atoms with Gasteiger partial charge in [-0.25, -0.2) is 4.98 Å². The number of pyridine rings is 1. The van der Waals surface area contributed by atoms with E-state index in [0.717, 1.165) is 22.2 Å². The molecule has 0 atom stereocenters. The van der Waals surface area contributed by atoms with Crippen molar-refractivity contribution in [2.75, 3.05) is 32.9 Å². The number of fused-ring (bicyclic) bond motifs is 1. The van der Waals surface area contributed by atoms with Gasteiger partial charge < -0.3 is 19.1 Å². The second-order valence-electron chi connectivity index (χ2n) is 8.08. The van der Waals surface area contributed by atoms with Gasteiger partial charge in [0.25, 0.3) is 5.91 Å². The third-order valence-corrected chi connectivity index (χ3v) is 6.30. The predicted octanol–water partition coefficient (Wildman–Crippen LogP) is 4.93. The number of hydrogen-bond donors (Lipinski definition) is 0. The quantitative estimate of drug-likeness (QED) is 0.561. The van der Waals surface area contributed by atoms with Gasteiger partial charge in [-0.2, -0.15) is 0 Å². The molecule has 2 saturated heterocycles. The van der Waals surface area contributed by atoms with Crippen LogP contribution < -0.4 is 4.74 Å². The fourth-order valence-electron chi connectivity index (χ4n) is 4.42. The molecule has 2 fully saturated rings. The molecular weight excluding hydrogens is 428 g/mol. The van der Waals surface area contributed by atoms with Crippen LogP contribution in [0.15, 0.2) is 48.5 Å². The van der Waals surface area contributed by atoms with Crippen LogP contribution in [0.4, 0.5) is 0 Å². The highest BCUT2D eigenvalue weighted by Gasteiger charge is 2.40. The minimum Gasteiger partial charge on any atom is -0.493 e. The van der Waals surface area contributed by atoms with Crippen molar-refractivity contribution < 1.29 is 19.0 Å². The monoisotopic (exact) mass is 452 g/mol. The van der Waals surface area contributed by atoms with Crippen molar-refractivity contribution in [1.82, 2.24) is 9.88 Å². The Hall–Kier alpha value is -2.67. The lowest BCUT2D eigenvalue weighted by Crippen LogP contribution is -2.47. The molecular formula is C25H25ClN2O4. The summed E-state index contributed by atoms with van der Waals surface area (Å²) in [4.78, 5) is 19.9. The topological polar surface area (TPSA) is 60.9 Å². The highest BCUT2D eigenvalue weighted by atomic mass is 35.5. The lowest BCUT2D eigenvalue weighted by Gasteiger charge is -2.37. The molecule has 0 radical (unpaired) electrons. The van der Waals surface area contributed by atoms with Gasteiger partial charge in [0.2, 0.25) is 0 Å². The number of rotatable bonds is 4. The summed E-state index contributed by atoms with van der Waals surface area (Å²) in [5.74, 6) is 0.205. The zero-order valence-corrected chi connectivity index (χ0v) is 18.7. The van der Waals surface area contributed by atoms with E-state index in [1.165, 1.54) is 0 Å². The Labute approximate surface area is 192 Å². The van der Waals surface area contributed by atoms with Crippen molar-refractivity contribution in [3.05, 3.63) is 59.1 Å². The van der Waals surface area contributed by atoms with Crippen LogP contribution in [0, 0.1) is 0 Å². The number of aromatic nitrogens is 1. The zero-order chi connectivity index (χ0) is 22.1. The van der Waals surface area contributed by atoms with Crippen LogP contribution in [0.25, 0.3) is 22.2 Å². The first-order valence-electron chi connectivity index (χ1n) is 11.0. The Kier molecular flexibility index (Phi) is 5.76. The molecule has 1 amide bonds. The molecule has 6 nitrogen and oxygen atoms in total. The number of amides is 1. The van der Waals surface area contributed by atoms with Crippen molar-refractivity contribution in [1.29, 1.82) is 0 Å². The molecule has 3 aromatic rings. The molecule has 1 spiro atoms. The van der Waals surface area contributed by atoms with E-state index in [-0.39, 0.29) is 5.91 Å². The predicted molar refractivity (Wildman–Crippen MR) is 123 cm³/mol. The minimum absolute atomic E-state index is 0.00103. The number of carbonyl (C=O) groups is 1. The molecule has 2 aliphatic rings. The number of halogens is 1. The van der Waals surface area contributed by atoms with Crippen molar-refractivity contribution in [2.45, 2.75) is 25.6 Å². The minimum atomic E-state index is -0.497. The van der Waals surface area contributed by atoms with Crippen molar-refractivity contribution in [3.63, 3.8) is 0 Å². The van der Waals surface area contributed by atoms with Gasteiger partial charge >= 0.3 is 0 Å². The zero-order valence-electron chi connectivity index (χ0n) is 18.0. The van der Waals surface area contributed by atoms with Crippen LogP contribution in [0.3, 0.4) is 0 Å². The molecule has 0 aliphatic carbocycles. The lowest BCUT2D eigenvalue weighted by molar-refractivity contribution is -0.181. The fraction of sp³-hybridized carbons (Fsp3) is 0.360. The molecule has 3 heterocycles. The van der Waals surface area contributed by atoms with Crippen LogP contribution in [0.2, 0.25) is 5.02 Å². The molecule has 2 aliphatic heterocycles. The van der Waals surface area contributed by atoms with Crippen molar-refractivity contribution in [3.8, 4) is 17.0 Å². The molecule has 0 N–H and O–H groups in total. The summed E-state index contributed by atoms with van der Waals surface area (Å²) < 4.78 is 17.5. The van der Waals surface area contributed by atoms with E-state index in [4.69, 9.17) is 30.8 Å². The summed E-state index contributed by atoms with van der Waals surface area (Å²) >= 11 is 6.17. The third kappa shape index (κ3) is 4.06. The largest absolute Gasteiger partial charge is 0.493 e. The van der Waals surface area contributed by atoms with Gasteiger partial charge in [-0.1, -0.05) is 23.7 Å². The summed E-state index contributed by atoms with van der Waals surface area (Å²) in [5, 5.41) is 1.47. The fourth-order valence-corrected chi connectivity index (χ4v) is 4.61. The number of likely N-dealkylation sites (tertiary alicyclic amines) is 1. The lowest BCUT2D eigenvalue weighted by atomic mass is 10.0. The van der Waals surface area contributed by atoms with Crippen LogP contribution in [0.1, 0.15) is 30.1 Å². The summed E-state index contributed by atoms with van der Waals surface area (Å²) in [6, 6.07) is 15.1. The first-order valence-corrected chi connectivity index (χ1v) is 11.4. The van der Waals surface area contributed by atoms with E-state index in [9.17, 15) is 4.79 Å². The van der Waals surface area contributed by atoms with Gasteiger partial charge in [-0.3, -0.25) is 4.79 Å². The SMILES string of the molecule is CCOc1cc(-c2cccc(Cl)c2)nc2ccc(C(=O)N3CCC4(CC3)OCCO4)cc12. The van der Waals surface area contributed by atoms with Crippen molar-refractivity contribution in [2.24, 2.45) is 0 Å². The highest BCUT2D eigenvalue weighted by molar-refractivity contribution is 6.30. The van der Waals surface area contributed by atoms with Gasteiger partial charge in [0, 0.05) is 53.5 Å². The van der Waals surface area contributed by atoms with Crippen LogP contribution >= 0.6 is 11.6 Å². The Bertz CT molecular complexity index is 1150. The number of ether oxygens (including phenoxy) is 3. The standard InChI is InChI=1S/C25H25ClN2O4/c1-2-30-23-16-22(17-4-3-5-19(26)14-17)27-21-7-6-18(15-20(21)23)24(29)28-10-8-25(9-11-28)31-12-13-32-25/h3-7,14-16H,2,8-13H2,1H3. The number of carbonyl (C=O) groups excluding carboxylic acids is 1.